The molecule has 22 heavy (non-hydrogen) atoms. The zero-order chi connectivity index (χ0) is 16.5. The van der Waals surface area contributed by atoms with Gasteiger partial charge in [0.15, 0.2) is 11.5 Å². The molecule has 2 aromatic carbocycles. The Morgan fingerprint density at radius 3 is 1.95 bits per heavy atom. The molecule has 0 saturated heterocycles. The topological polar surface area (TPSA) is 29.5 Å². The minimum atomic E-state index is -0.0407. The largest absolute Gasteiger partial charge is 0.504 e. The van der Waals surface area contributed by atoms with Crippen LogP contribution < -0.4 is 4.74 Å². The lowest BCUT2D eigenvalue weighted by Gasteiger charge is -2.27. The summed E-state index contributed by atoms with van der Waals surface area (Å²) in [6.07, 6.45) is 0. The Morgan fingerprint density at radius 2 is 1.41 bits per heavy atom. The van der Waals surface area contributed by atoms with Crippen LogP contribution in [0.1, 0.15) is 52.7 Å². The van der Waals surface area contributed by atoms with Gasteiger partial charge < -0.3 is 9.84 Å². The van der Waals surface area contributed by atoms with E-state index in [1.165, 1.54) is 5.56 Å². The van der Waals surface area contributed by atoms with Gasteiger partial charge in [0.05, 0.1) is 0 Å². The number of benzene rings is 2. The van der Waals surface area contributed by atoms with Gasteiger partial charge in [-0.25, -0.2) is 0 Å². The van der Waals surface area contributed by atoms with Gasteiger partial charge in [-0.05, 0) is 34.6 Å². The summed E-state index contributed by atoms with van der Waals surface area (Å²) in [7, 11) is 0. The SMILES string of the molecule is CC(C)(C)c1ccc(Oc2ccccc2O)c(C(C)(C)C)c1. The molecule has 0 unspecified atom stereocenters. The first kappa shape index (κ1) is 16.4. The molecule has 2 rings (SSSR count). The van der Waals surface area contributed by atoms with Crippen LogP contribution in [-0.4, -0.2) is 5.11 Å². The lowest BCUT2D eigenvalue weighted by Crippen LogP contribution is -2.17. The van der Waals surface area contributed by atoms with Crippen LogP contribution in [0.2, 0.25) is 0 Å². The number of hydrogen-bond donors (Lipinski definition) is 1. The summed E-state index contributed by atoms with van der Waals surface area (Å²) in [5, 5.41) is 9.92. The number of para-hydroxylation sites is 2. The summed E-state index contributed by atoms with van der Waals surface area (Å²) in [4.78, 5) is 0. The van der Waals surface area contributed by atoms with E-state index in [0.717, 1.165) is 11.3 Å². The molecule has 2 nitrogen and oxygen atoms in total. The first-order valence-corrected chi connectivity index (χ1v) is 7.70. The van der Waals surface area contributed by atoms with Crippen molar-refractivity contribution in [3.8, 4) is 17.2 Å². The number of rotatable bonds is 2. The third-order valence-corrected chi connectivity index (χ3v) is 3.74. The summed E-state index contributed by atoms with van der Waals surface area (Å²) >= 11 is 0. The summed E-state index contributed by atoms with van der Waals surface area (Å²) in [5.41, 5.74) is 2.47. The molecule has 0 spiro atoms. The van der Waals surface area contributed by atoms with Crippen LogP contribution >= 0.6 is 0 Å². The first-order chi connectivity index (χ1) is 10.1. The molecule has 1 N–H and O–H groups in total. The fourth-order valence-electron chi connectivity index (χ4n) is 2.33. The highest BCUT2D eigenvalue weighted by atomic mass is 16.5. The smallest absolute Gasteiger partial charge is 0.169 e. The summed E-state index contributed by atoms with van der Waals surface area (Å²) in [6.45, 7) is 13.1. The molecule has 0 aliphatic heterocycles. The second-order valence-electron chi connectivity index (χ2n) is 7.78. The monoisotopic (exact) mass is 298 g/mol. The van der Waals surface area contributed by atoms with Crippen molar-refractivity contribution in [2.75, 3.05) is 0 Å². The zero-order valence-electron chi connectivity index (χ0n) is 14.4. The van der Waals surface area contributed by atoms with Gasteiger partial charge in [-0.3, -0.25) is 0 Å². The van der Waals surface area contributed by atoms with E-state index in [1.807, 2.05) is 12.1 Å². The molecule has 0 fully saturated rings. The van der Waals surface area contributed by atoms with Crippen molar-refractivity contribution in [1.29, 1.82) is 0 Å². The van der Waals surface area contributed by atoms with Gasteiger partial charge in [0.25, 0.3) is 0 Å². The Labute approximate surface area is 133 Å². The number of aromatic hydroxyl groups is 1. The van der Waals surface area contributed by atoms with E-state index in [9.17, 15) is 5.11 Å². The fraction of sp³-hybridized carbons (Fsp3) is 0.400. The molecule has 118 valence electrons. The highest BCUT2D eigenvalue weighted by Crippen LogP contribution is 2.39. The minimum absolute atomic E-state index is 0.0407. The fourth-order valence-corrected chi connectivity index (χ4v) is 2.33. The van der Waals surface area contributed by atoms with Crippen LogP contribution in [0.5, 0.6) is 17.2 Å². The molecule has 2 heteroatoms. The molecular weight excluding hydrogens is 272 g/mol. The quantitative estimate of drug-likeness (QED) is 0.761. The molecule has 0 saturated carbocycles. The number of phenolic OH excluding ortho intramolecular Hbond substituents is 1. The zero-order valence-corrected chi connectivity index (χ0v) is 14.4. The van der Waals surface area contributed by atoms with Gasteiger partial charge in [0.1, 0.15) is 5.75 Å². The van der Waals surface area contributed by atoms with Crippen LogP contribution in [0.25, 0.3) is 0 Å². The highest BCUT2D eigenvalue weighted by Gasteiger charge is 2.23. The van der Waals surface area contributed by atoms with E-state index in [2.05, 4.69) is 53.7 Å². The molecule has 2 aromatic rings. The van der Waals surface area contributed by atoms with E-state index in [1.54, 1.807) is 18.2 Å². The maximum absolute atomic E-state index is 9.92. The maximum Gasteiger partial charge on any atom is 0.169 e. The van der Waals surface area contributed by atoms with E-state index in [-0.39, 0.29) is 16.6 Å². The van der Waals surface area contributed by atoms with E-state index < -0.39 is 0 Å². The van der Waals surface area contributed by atoms with Crippen LogP contribution in [-0.2, 0) is 10.8 Å². The number of phenols is 1. The Hall–Kier alpha value is -1.96. The average Bonchev–Trinajstić information content (AvgIpc) is 2.39. The molecule has 0 bridgehead atoms. The van der Waals surface area contributed by atoms with Gasteiger partial charge in [-0.15, -0.1) is 0 Å². The molecule has 0 atom stereocenters. The van der Waals surface area contributed by atoms with Crippen LogP contribution in [0, 0.1) is 0 Å². The van der Waals surface area contributed by atoms with Crippen molar-refractivity contribution in [3.05, 3.63) is 53.6 Å². The van der Waals surface area contributed by atoms with Gasteiger partial charge in [-0.1, -0.05) is 65.8 Å². The van der Waals surface area contributed by atoms with Gasteiger partial charge >= 0.3 is 0 Å². The first-order valence-electron chi connectivity index (χ1n) is 7.70. The van der Waals surface area contributed by atoms with Crippen LogP contribution in [0.4, 0.5) is 0 Å². The Morgan fingerprint density at radius 1 is 0.773 bits per heavy atom. The summed E-state index contributed by atoms with van der Waals surface area (Å²) in [5.74, 6) is 1.43. The second-order valence-corrected chi connectivity index (χ2v) is 7.78. The Balaban J connectivity index is 2.50. The van der Waals surface area contributed by atoms with E-state index >= 15 is 0 Å². The van der Waals surface area contributed by atoms with Gasteiger partial charge in [-0.2, -0.15) is 0 Å². The molecule has 0 heterocycles. The third-order valence-electron chi connectivity index (χ3n) is 3.74. The predicted octanol–water partition coefficient (Wildman–Crippen LogP) is 5.78. The van der Waals surface area contributed by atoms with E-state index in [4.69, 9.17) is 4.74 Å². The van der Waals surface area contributed by atoms with Crippen molar-refractivity contribution in [1.82, 2.24) is 0 Å². The normalized spacial score (nSPS) is 12.3. The third kappa shape index (κ3) is 3.62. The summed E-state index contributed by atoms with van der Waals surface area (Å²) < 4.78 is 5.98. The molecule has 0 amide bonds. The number of hydrogen-bond acceptors (Lipinski definition) is 2. The van der Waals surface area contributed by atoms with Gasteiger partial charge in [0, 0.05) is 5.56 Å². The lowest BCUT2D eigenvalue weighted by atomic mass is 9.80. The van der Waals surface area contributed by atoms with Gasteiger partial charge in [0.2, 0.25) is 0 Å². The van der Waals surface area contributed by atoms with Crippen molar-refractivity contribution in [2.45, 2.75) is 52.4 Å². The minimum Gasteiger partial charge on any atom is -0.504 e. The van der Waals surface area contributed by atoms with Crippen molar-refractivity contribution in [2.24, 2.45) is 0 Å². The van der Waals surface area contributed by atoms with Crippen molar-refractivity contribution in [3.63, 3.8) is 0 Å². The Kier molecular flexibility index (Phi) is 4.23. The van der Waals surface area contributed by atoms with Crippen LogP contribution in [0.3, 0.4) is 0 Å². The maximum atomic E-state index is 9.92. The van der Waals surface area contributed by atoms with Crippen molar-refractivity contribution < 1.29 is 9.84 Å². The molecule has 0 aromatic heterocycles. The number of ether oxygens (including phenoxy) is 1. The molecule has 0 radical (unpaired) electrons. The predicted molar refractivity (Wildman–Crippen MR) is 92.0 cm³/mol. The standard InChI is InChI=1S/C20H26O2/c1-19(2,3)14-11-12-17(15(13-14)20(4,5)6)22-18-10-8-7-9-16(18)21/h7-13,21H,1-6H3. The van der Waals surface area contributed by atoms with Crippen molar-refractivity contribution >= 4 is 0 Å². The molecule has 0 aliphatic rings. The van der Waals surface area contributed by atoms with E-state index in [0.29, 0.717) is 5.75 Å². The molecule has 0 aliphatic carbocycles. The summed E-state index contributed by atoms with van der Waals surface area (Å²) in [6, 6.07) is 13.4. The lowest BCUT2D eigenvalue weighted by molar-refractivity contribution is 0.401. The second kappa shape index (κ2) is 5.68. The average molecular weight is 298 g/mol. The Bertz CT molecular complexity index is 658. The molecular formula is C20H26O2. The highest BCUT2D eigenvalue weighted by molar-refractivity contribution is 5.48. The van der Waals surface area contributed by atoms with Crippen LogP contribution in [0.15, 0.2) is 42.5 Å².